The highest BCUT2D eigenvalue weighted by atomic mass is 79.9. The standard InChI is InChI=1S/C11H15BrN2O4/c1-7-3-9(13-11(2,5-15)6-16)8(12)4-10(7)14(17)18/h3-4,13,15-16H,5-6H2,1-2H3. The summed E-state index contributed by atoms with van der Waals surface area (Å²) >= 11 is 3.23. The molecule has 1 aromatic rings. The van der Waals surface area contributed by atoms with Gasteiger partial charge in [0.15, 0.2) is 0 Å². The van der Waals surface area contributed by atoms with Crippen LogP contribution < -0.4 is 5.32 Å². The fraction of sp³-hybridized carbons (Fsp3) is 0.455. The number of anilines is 1. The van der Waals surface area contributed by atoms with Crippen LogP contribution in [-0.2, 0) is 0 Å². The first kappa shape index (κ1) is 14.9. The lowest BCUT2D eigenvalue weighted by atomic mass is 10.0. The summed E-state index contributed by atoms with van der Waals surface area (Å²) in [7, 11) is 0. The number of halogens is 1. The Hall–Kier alpha value is -1.18. The number of nitrogens with one attached hydrogen (secondary N) is 1. The SMILES string of the molecule is Cc1cc(NC(C)(CO)CO)c(Br)cc1[N+](=O)[O-]. The maximum Gasteiger partial charge on any atom is 0.273 e. The first-order valence-corrected chi connectivity index (χ1v) is 6.06. The lowest BCUT2D eigenvalue weighted by Gasteiger charge is -2.28. The summed E-state index contributed by atoms with van der Waals surface area (Å²) in [5.74, 6) is 0. The third-order valence-electron chi connectivity index (χ3n) is 2.62. The molecular weight excluding hydrogens is 304 g/mol. The van der Waals surface area contributed by atoms with Crippen molar-refractivity contribution in [2.75, 3.05) is 18.5 Å². The monoisotopic (exact) mass is 318 g/mol. The van der Waals surface area contributed by atoms with E-state index >= 15 is 0 Å². The fourth-order valence-electron chi connectivity index (χ4n) is 1.42. The van der Waals surface area contributed by atoms with Crippen molar-refractivity contribution in [1.82, 2.24) is 0 Å². The van der Waals surface area contributed by atoms with Crippen LogP contribution in [0.2, 0.25) is 0 Å². The number of nitro groups is 1. The number of aryl methyl sites for hydroxylation is 1. The predicted octanol–water partition coefficient (Wildman–Crippen LogP) is 1.82. The van der Waals surface area contributed by atoms with E-state index in [1.807, 2.05) is 0 Å². The molecule has 0 aliphatic carbocycles. The fourth-order valence-corrected chi connectivity index (χ4v) is 1.85. The van der Waals surface area contributed by atoms with E-state index in [0.717, 1.165) is 0 Å². The quantitative estimate of drug-likeness (QED) is 0.568. The van der Waals surface area contributed by atoms with Crippen LogP contribution in [0, 0.1) is 17.0 Å². The van der Waals surface area contributed by atoms with E-state index in [1.165, 1.54) is 6.07 Å². The molecule has 0 saturated heterocycles. The summed E-state index contributed by atoms with van der Waals surface area (Å²) < 4.78 is 0.507. The van der Waals surface area contributed by atoms with E-state index in [9.17, 15) is 20.3 Å². The predicted molar refractivity (Wildman–Crippen MR) is 71.7 cm³/mol. The van der Waals surface area contributed by atoms with Gasteiger partial charge in [-0.05, 0) is 35.8 Å². The average Bonchev–Trinajstić information content (AvgIpc) is 2.32. The van der Waals surface area contributed by atoms with Crippen LogP contribution in [0.4, 0.5) is 11.4 Å². The zero-order chi connectivity index (χ0) is 13.9. The minimum Gasteiger partial charge on any atom is -0.394 e. The Kier molecular flexibility index (Phi) is 4.66. The van der Waals surface area contributed by atoms with Gasteiger partial charge < -0.3 is 15.5 Å². The summed E-state index contributed by atoms with van der Waals surface area (Å²) in [6.07, 6.45) is 0. The van der Waals surface area contributed by atoms with E-state index in [1.54, 1.807) is 19.9 Å². The maximum atomic E-state index is 10.8. The molecule has 0 fully saturated rings. The number of hydrogen-bond donors (Lipinski definition) is 3. The number of aliphatic hydroxyl groups excluding tert-OH is 2. The molecule has 7 heteroatoms. The Labute approximate surface area is 113 Å². The molecule has 3 N–H and O–H groups in total. The molecule has 0 aliphatic heterocycles. The van der Waals surface area contributed by atoms with Crippen molar-refractivity contribution < 1.29 is 15.1 Å². The summed E-state index contributed by atoms with van der Waals surface area (Å²) in [5.41, 5.74) is 0.222. The molecule has 0 saturated carbocycles. The molecule has 1 aromatic carbocycles. The third-order valence-corrected chi connectivity index (χ3v) is 3.27. The zero-order valence-corrected chi connectivity index (χ0v) is 11.7. The molecule has 18 heavy (non-hydrogen) atoms. The maximum absolute atomic E-state index is 10.8. The number of rotatable bonds is 5. The Bertz CT molecular complexity index is 461. The van der Waals surface area contributed by atoms with Crippen molar-refractivity contribution >= 4 is 27.3 Å². The molecule has 0 heterocycles. The van der Waals surface area contributed by atoms with E-state index in [-0.39, 0.29) is 18.9 Å². The van der Waals surface area contributed by atoms with E-state index in [4.69, 9.17) is 0 Å². The van der Waals surface area contributed by atoms with Crippen molar-refractivity contribution in [2.24, 2.45) is 0 Å². The van der Waals surface area contributed by atoms with Gasteiger partial charge in [0, 0.05) is 21.8 Å². The molecule has 6 nitrogen and oxygen atoms in total. The second-order valence-corrected chi connectivity index (χ2v) is 5.23. The molecule has 0 aliphatic rings. The first-order chi connectivity index (χ1) is 8.33. The molecule has 0 aromatic heterocycles. The summed E-state index contributed by atoms with van der Waals surface area (Å²) in [6, 6.07) is 3.00. The normalized spacial score (nSPS) is 11.4. The smallest absolute Gasteiger partial charge is 0.273 e. The minimum atomic E-state index is -0.884. The van der Waals surface area contributed by atoms with Crippen LogP contribution >= 0.6 is 15.9 Å². The molecule has 0 unspecified atom stereocenters. The molecule has 0 spiro atoms. The Balaban J connectivity index is 3.12. The van der Waals surface area contributed by atoms with Gasteiger partial charge >= 0.3 is 0 Å². The molecule has 1 rings (SSSR count). The van der Waals surface area contributed by atoms with Gasteiger partial charge in [-0.15, -0.1) is 0 Å². The van der Waals surface area contributed by atoms with Gasteiger partial charge in [-0.1, -0.05) is 0 Å². The Morgan fingerprint density at radius 1 is 1.44 bits per heavy atom. The second-order valence-electron chi connectivity index (χ2n) is 4.38. The summed E-state index contributed by atoms with van der Waals surface area (Å²) in [4.78, 5) is 10.3. The largest absolute Gasteiger partial charge is 0.394 e. The van der Waals surface area contributed by atoms with Crippen LogP contribution in [0.5, 0.6) is 0 Å². The molecule has 100 valence electrons. The minimum absolute atomic E-state index is 0.0159. The lowest BCUT2D eigenvalue weighted by Crippen LogP contribution is -2.42. The van der Waals surface area contributed by atoms with Gasteiger partial charge in [0.05, 0.1) is 23.7 Å². The first-order valence-electron chi connectivity index (χ1n) is 5.27. The van der Waals surface area contributed by atoms with Crippen molar-refractivity contribution in [1.29, 1.82) is 0 Å². The van der Waals surface area contributed by atoms with Crippen molar-refractivity contribution in [2.45, 2.75) is 19.4 Å². The van der Waals surface area contributed by atoms with Crippen LogP contribution in [0.15, 0.2) is 16.6 Å². The van der Waals surface area contributed by atoms with Crippen LogP contribution in [0.3, 0.4) is 0 Å². The van der Waals surface area contributed by atoms with Crippen LogP contribution in [-0.4, -0.2) is 33.9 Å². The number of nitro benzene ring substituents is 1. The molecular formula is C11H15BrN2O4. The molecule has 0 radical (unpaired) electrons. The van der Waals surface area contributed by atoms with E-state index in [2.05, 4.69) is 21.2 Å². The molecule has 0 bridgehead atoms. The van der Waals surface area contributed by atoms with Gasteiger partial charge in [0.2, 0.25) is 0 Å². The summed E-state index contributed by atoms with van der Waals surface area (Å²) in [6.45, 7) is 2.76. The van der Waals surface area contributed by atoms with Crippen molar-refractivity contribution in [3.63, 3.8) is 0 Å². The summed E-state index contributed by atoms with van der Waals surface area (Å²) in [5, 5.41) is 32.1. The molecule has 0 atom stereocenters. The number of aliphatic hydroxyl groups is 2. The number of nitrogens with zero attached hydrogens (tertiary/aromatic N) is 1. The highest BCUT2D eigenvalue weighted by molar-refractivity contribution is 9.10. The average molecular weight is 319 g/mol. The zero-order valence-electron chi connectivity index (χ0n) is 10.1. The number of hydrogen-bond acceptors (Lipinski definition) is 5. The van der Waals surface area contributed by atoms with Gasteiger partial charge in [0.1, 0.15) is 0 Å². The van der Waals surface area contributed by atoms with Crippen LogP contribution in [0.1, 0.15) is 12.5 Å². The molecule has 0 amide bonds. The van der Waals surface area contributed by atoms with Crippen molar-refractivity contribution in [3.05, 3.63) is 32.3 Å². The highest BCUT2D eigenvalue weighted by Gasteiger charge is 2.24. The number of benzene rings is 1. The van der Waals surface area contributed by atoms with Gasteiger partial charge in [-0.25, -0.2) is 0 Å². The van der Waals surface area contributed by atoms with Crippen molar-refractivity contribution in [3.8, 4) is 0 Å². The Morgan fingerprint density at radius 3 is 2.44 bits per heavy atom. The van der Waals surface area contributed by atoms with Gasteiger partial charge in [0.25, 0.3) is 5.69 Å². The van der Waals surface area contributed by atoms with Crippen LogP contribution in [0.25, 0.3) is 0 Å². The lowest BCUT2D eigenvalue weighted by molar-refractivity contribution is -0.385. The van der Waals surface area contributed by atoms with Gasteiger partial charge in [-0.2, -0.15) is 0 Å². The highest BCUT2D eigenvalue weighted by Crippen LogP contribution is 2.32. The topological polar surface area (TPSA) is 95.6 Å². The second kappa shape index (κ2) is 5.64. The van der Waals surface area contributed by atoms with Gasteiger partial charge in [-0.3, -0.25) is 10.1 Å². The third kappa shape index (κ3) is 3.18. The van der Waals surface area contributed by atoms with E-state index < -0.39 is 10.5 Å². The Morgan fingerprint density at radius 2 is 2.00 bits per heavy atom. The van der Waals surface area contributed by atoms with E-state index in [0.29, 0.717) is 15.7 Å².